The molecule has 0 bridgehead atoms. The summed E-state index contributed by atoms with van der Waals surface area (Å²) in [5.74, 6) is 2.56. The fraction of sp³-hybridized carbons (Fsp3) is 0.500. The first-order valence-corrected chi connectivity index (χ1v) is 8.43. The summed E-state index contributed by atoms with van der Waals surface area (Å²) < 4.78 is 1.96. The van der Waals surface area contributed by atoms with Gasteiger partial charge >= 0.3 is 0 Å². The molecule has 2 aromatic rings. The third kappa shape index (κ3) is 6.64. The lowest BCUT2D eigenvalue weighted by atomic mass is 10.1. The van der Waals surface area contributed by atoms with Crippen molar-refractivity contribution in [2.75, 3.05) is 13.1 Å². The van der Waals surface area contributed by atoms with Gasteiger partial charge in [-0.1, -0.05) is 29.3 Å². The van der Waals surface area contributed by atoms with Gasteiger partial charge in [0.1, 0.15) is 12.4 Å². The second-order valence-electron chi connectivity index (χ2n) is 6.09. The van der Waals surface area contributed by atoms with Gasteiger partial charge in [0.25, 0.3) is 0 Å². The van der Waals surface area contributed by atoms with Crippen LogP contribution < -0.4 is 10.6 Å². The standard InChI is InChI=1S/C18H28N6.HI/c1-6-19-18(21-12-17-23-22-15(4)24(17)5)20-8-7-16-10-13(2)9-14(3)11-16;/h9-11H,6-8,12H2,1-5H3,(H2,19,20,21);1H. The first-order chi connectivity index (χ1) is 11.5. The Hall–Kier alpha value is -1.64. The quantitative estimate of drug-likeness (QED) is 0.399. The van der Waals surface area contributed by atoms with Crippen LogP contribution in [0.2, 0.25) is 0 Å². The van der Waals surface area contributed by atoms with Crippen LogP contribution in [0.4, 0.5) is 0 Å². The Morgan fingerprint density at radius 3 is 2.32 bits per heavy atom. The number of halogens is 1. The molecule has 0 aliphatic heterocycles. The molecule has 0 radical (unpaired) electrons. The number of aromatic nitrogens is 3. The Morgan fingerprint density at radius 2 is 1.76 bits per heavy atom. The van der Waals surface area contributed by atoms with Crippen LogP contribution in [0.25, 0.3) is 0 Å². The molecule has 0 fully saturated rings. The Bertz CT molecular complexity index is 687. The molecular formula is C18H29IN6. The lowest BCUT2D eigenvalue weighted by Gasteiger charge is -2.12. The fourth-order valence-corrected chi connectivity index (χ4v) is 2.62. The van der Waals surface area contributed by atoms with E-state index in [1.54, 1.807) is 0 Å². The van der Waals surface area contributed by atoms with Gasteiger partial charge in [0.15, 0.2) is 11.8 Å². The molecule has 0 aliphatic rings. The minimum atomic E-state index is 0. The minimum absolute atomic E-state index is 0. The molecule has 138 valence electrons. The van der Waals surface area contributed by atoms with Gasteiger partial charge in [-0.25, -0.2) is 4.99 Å². The second kappa shape index (κ2) is 10.4. The minimum Gasteiger partial charge on any atom is -0.357 e. The number of aliphatic imine (C=N–C) groups is 1. The van der Waals surface area contributed by atoms with E-state index in [2.05, 4.69) is 64.8 Å². The van der Waals surface area contributed by atoms with Gasteiger partial charge in [0.2, 0.25) is 0 Å². The molecule has 0 saturated heterocycles. The number of benzene rings is 1. The van der Waals surface area contributed by atoms with Crippen molar-refractivity contribution >= 4 is 29.9 Å². The highest BCUT2D eigenvalue weighted by molar-refractivity contribution is 14.0. The van der Waals surface area contributed by atoms with Crippen molar-refractivity contribution in [3.8, 4) is 0 Å². The van der Waals surface area contributed by atoms with E-state index >= 15 is 0 Å². The molecule has 6 nitrogen and oxygen atoms in total. The van der Waals surface area contributed by atoms with Crippen molar-refractivity contribution in [2.24, 2.45) is 12.0 Å². The van der Waals surface area contributed by atoms with Crippen LogP contribution in [0, 0.1) is 20.8 Å². The molecule has 2 N–H and O–H groups in total. The molecule has 0 saturated carbocycles. The van der Waals surface area contributed by atoms with Crippen molar-refractivity contribution in [3.05, 3.63) is 46.5 Å². The predicted molar refractivity (Wildman–Crippen MR) is 114 cm³/mol. The van der Waals surface area contributed by atoms with E-state index in [0.717, 1.165) is 37.1 Å². The summed E-state index contributed by atoms with van der Waals surface area (Å²) in [7, 11) is 1.96. The highest BCUT2D eigenvalue weighted by atomic mass is 127. The van der Waals surface area contributed by atoms with E-state index in [1.165, 1.54) is 16.7 Å². The molecule has 1 heterocycles. The highest BCUT2D eigenvalue weighted by Gasteiger charge is 2.05. The monoisotopic (exact) mass is 456 g/mol. The number of hydrogen-bond acceptors (Lipinski definition) is 3. The molecule has 7 heteroatoms. The number of rotatable bonds is 6. The number of guanidine groups is 1. The van der Waals surface area contributed by atoms with Crippen LogP contribution in [0.15, 0.2) is 23.2 Å². The molecule has 25 heavy (non-hydrogen) atoms. The van der Waals surface area contributed by atoms with Gasteiger partial charge in [0.05, 0.1) is 0 Å². The number of aryl methyl sites for hydroxylation is 3. The maximum atomic E-state index is 4.60. The largest absolute Gasteiger partial charge is 0.357 e. The first-order valence-electron chi connectivity index (χ1n) is 8.43. The van der Waals surface area contributed by atoms with Gasteiger partial charge in [-0.05, 0) is 39.7 Å². The third-order valence-corrected chi connectivity index (χ3v) is 3.89. The van der Waals surface area contributed by atoms with Gasteiger partial charge in [0, 0.05) is 20.1 Å². The molecular weight excluding hydrogens is 427 g/mol. The second-order valence-corrected chi connectivity index (χ2v) is 6.09. The molecule has 1 aromatic carbocycles. The van der Waals surface area contributed by atoms with E-state index in [0.29, 0.717) is 6.54 Å². The predicted octanol–water partition coefficient (Wildman–Crippen LogP) is 2.66. The van der Waals surface area contributed by atoms with E-state index in [1.807, 2.05) is 18.5 Å². The summed E-state index contributed by atoms with van der Waals surface area (Å²) in [5.41, 5.74) is 3.96. The van der Waals surface area contributed by atoms with E-state index in [4.69, 9.17) is 0 Å². The lowest BCUT2D eigenvalue weighted by Crippen LogP contribution is -2.38. The maximum absolute atomic E-state index is 4.60. The summed E-state index contributed by atoms with van der Waals surface area (Å²) in [5, 5.41) is 14.9. The molecule has 0 amide bonds. The van der Waals surface area contributed by atoms with Gasteiger partial charge in [-0.15, -0.1) is 34.2 Å². The van der Waals surface area contributed by atoms with Crippen LogP contribution in [-0.4, -0.2) is 33.8 Å². The Kier molecular flexibility index (Phi) is 8.88. The highest BCUT2D eigenvalue weighted by Crippen LogP contribution is 2.09. The Morgan fingerprint density at radius 1 is 1.08 bits per heavy atom. The molecule has 2 rings (SSSR count). The summed E-state index contributed by atoms with van der Waals surface area (Å²) >= 11 is 0. The number of nitrogens with one attached hydrogen (secondary N) is 2. The molecule has 1 aromatic heterocycles. The van der Waals surface area contributed by atoms with Crippen molar-refractivity contribution in [1.82, 2.24) is 25.4 Å². The lowest BCUT2D eigenvalue weighted by molar-refractivity contribution is 0.753. The zero-order valence-corrected chi connectivity index (χ0v) is 18.1. The van der Waals surface area contributed by atoms with Crippen LogP contribution >= 0.6 is 24.0 Å². The smallest absolute Gasteiger partial charge is 0.191 e. The summed E-state index contributed by atoms with van der Waals surface area (Å²) in [4.78, 5) is 4.60. The summed E-state index contributed by atoms with van der Waals surface area (Å²) in [6.45, 7) is 10.5. The fourth-order valence-electron chi connectivity index (χ4n) is 2.62. The molecule has 0 aliphatic carbocycles. The maximum Gasteiger partial charge on any atom is 0.191 e. The Balaban J connectivity index is 0.00000312. The van der Waals surface area contributed by atoms with Crippen LogP contribution in [-0.2, 0) is 20.0 Å². The SMILES string of the molecule is CCNC(=NCc1nnc(C)n1C)NCCc1cc(C)cc(C)c1.I. The Labute approximate surface area is 167 Å². The van der Waals surface area contributed by atoms with E-state index in [-0.39, 0.29) is 24.0 Å². The number of nitrogens with zero attached hydrogens (tertiary/aromatic N) is 4. The van der Waals surface area contributed by atoms with Crippen molar-refractivity contribution in [3.63, 3.8) is 0 Å². The first kappa shape index (κ1) is 21.4. The molecule has 0 unspecified atom stereocenters. The van der Waals surface area contributed by atoms with Gasteiger partial charge < -0.3 is 15.2 Å². The average Bonchev–Trinajstić information content (AvgIpc) is 2.83. The molecule has 0 atom stereocenters. The average molecular weight is 456 g/mol. The normalized spacial score (nSPS) is 11.2. The van der Waals surface area contributed by atoms with E-state index in [9.17, 15) is 0 Å². The zero-order valence-electron chi connectivity index (χ0n) is 15.8. The molecule has 0 spiro atoms. The summed E-state index contributed by atoms with van der Waals surface area (Å²) in [6.07, 6.45) is 0.968. The van der Waals surface area contributed by atoms with Crippen molar-refractivity contribution in [2.45, 2.75) is 40.7 Å². The van der Waals surface area contributed by atoms with Crippen LogP contribution in [0.5, 0.6) is 0 Å². The number of hydrogen-bond donors (Lipinski definition) is 2. The zero-order chi connectivity index (χ0) is 17.5. The van der Waals surface area contributed by atoms with Crippen molar-refractivity contribution < 1.29 is 0 Å². The topological polar surface area (TPSA) is 67.1 Å². The summed E-state index contributed by atoms with van der Waals surface area (Å²) in [6, 6.07) is 6.67. The van der Waals surface area contributed by atoms with Gasteiger partial charge in [-0.2, -0.15) is 0 Å². The van der Waals surface area contributed by atoms with Crippen LogP contribution in [0.1, 0.15) is 35.3 Å². The third-order valence-electron chi connectivity index (χ3n) is 3.89. The van der Waals surface area contributed by atoms with Gasteiger partial charge in [-0.3, -0.25) is 0 Å². The van der Waals surface area contributed by atoms with Crippen LogP contribution in [0.3, 0.4) is 0 Å². The van der Waals surface area contributed by atoms with E-state index < -0.39 is 0 Å². The van der Waals surface area contributed by atoms with Crippen molar-refractivity contribution in [1.29, 1.82) is 0 Å².